The molecule has 17 nitrogen and oxygen atoms in total. The van der Waals surface area contributed by atoms with Crippen LogP contribution in [-0.2, 0) is 65.4 Å². The predicted octanol–water partition coefficient (Wildman–Crippen LogP) is 26.3. The lowest BCUT2D eigenvalue weighted by atomic mass is 9.99. The summed E-state index contributed by atoms with van der Waals surface area (Å²) < 4.78 is 68.9. The molecule has 0 radical (unpaired) electrons. The zero-order chi connectivity index (χ0) is 78.1. The number of rotatable bonds is 84. The molecule has 0 rings (SSSR count). The van der Waals surface area contributed by atoms with Gasteiger partial charge in [0.25, 0.3) is 0 Å². The number of carbonyl (C=O) groups excluding carboxylic acids is 4. The highest BCUT2D eigenvalue weighted by atomic mass is 31.2. The maximum absolute atomic E-state index is 13.2. The SMILES string of the molecule is CCC(C)CCCCCCCCCCCCCCCCCCCCC(=O)O[C@H](COC(=O)CCCCCCCCCCCCCCCCCC(C)C)COP(=O)(O)OC[C@@H](O)COP(=O)(O)OC[C@@H](COC(=O)CCCCCCCCCCC(C)CC)OC(=O)CCCCCCCCCCCCC(C)CC. The van der Waals surface area contributed by atoms with Gasteiger partial charge in [0, 0.05) is 25.7 Å². The first-order valence-corrected chi connectivity index (χ1v) is 47.8. The van der Waals surface area contributed by atoms with Crippen molar-refractivity contribution in [2.24, 2.45) is 23.7 Å². The highest BCUT2D eigenvalue weighted by molar-refractivity contribution is 7.47. The fraction of sp³-hybridized carbons (Fsp3) is 0.954. The summed E-state index contributed by atoms with van der Waals surface area (Å²) in [6.45, 7) is 14.4. The summed E-state index contributed by atoms with van der Waals surface area (Å²) >= 11 is 0. The summed E-state index contributed by atoms with van der Waals surface area (Å²) in [7, 11) is -9.93. The second kappa shape index (κ2) is 75.7. The van der Waals surface area contributed by atoms with E-state index in [1.165, 1.54) is 257 Å². The van der Waals surface area contributed by atoms with Crippen molar-refractivity contribution in [3.05, 3.63) is 0 Å². The molecule has 3 N–H and O–H groups in total. The Bertz CT molecular complexity index is 2060. The molecular weight excluding hydrogens is 1380 g/mol. The molecule has 8 atom stereocenters. The van der Waals surface area contributed by atoms with Gasteiger partial charge in [-0.15, -0.1) is 0 Å². The molecule has 106 heavy (non-hydrogen) atoms. The minimum Gasteiger partial charge on any atom is -0.462 e. The van der Waals surface area contributed by atoms with E-state index >= 15 is 0 Å². The van der Waals surface area contributed by atoms with Crippen LogP contribution in [-0.4, -0.2) is 96.7 Å². The van der Waals surface area contributed by atoms with Gasteiger partial charge in [-0.05, 0) is 49.4 Å². The van der Waals surface area contributed by atoms with E-state index in [1.54, 1.807) is 0 Å². The van der Waals surface area contributed by atoms with Crippen molar-refractivity contribution < 1.29 is 80.2 Å². The molecule has 0 aromatic rings. The molecule has 0 saturated heterocycles. The maximum Gasteiger partial charge on any atom is 0.472 e. The summed E-state index contributed by atoms with van der Waals surface area (Å²) in [6.07, 6.45) is 65.1. The summed E-state index contributed by atoms with van der Waals surface area (Å²) in [5, 5.41) is 10.7. The summed E-state index contributed by atoms with van der Waals surface area (Å²) in [5.41, 5.74) is 0. The number of carbonyl (C=O) groups is 4. The Morgan fingerprint density at radius 1 is 0.264 bits per heavy atom. The molecule has 5 unspecified atom stereocenters. The summed E-state index contributed by atoms with van der Waals surface area (Å²) in [5.74, 6) is 1.15. The van der Waals surface area contributed by atoms with E-state index in [4.69, 9.17) is 37.0 Å². The molecule has 0 saturated carbocycles. The first-order chi connectivity index (χ1) is 51.2. The molecule has 0 aliphatic carbocycles. The van der Waals surface area contributed by atoms with Gasteiger partial charge in [0.2, 0.25) is 0 Å². The van der Waals surface area contributed by atoms with Crippen molar-refractivity contribution in [2.45, 2.75) is 472 Å². The van der Waals surface area contributed by atoms with Crippen molar-refractivity contribution in [3.63, 3.8) is 0 Å². The van der Waals surface area contributed by atoms with E-state index in [9.17, 15) is 43.2 Å². The minimum absolute atomic E-state index is 0.106. The Labute approximate surface area is 651 Å². The van der Waals surface area contributed by atoms with Crippen LogP contribution in [0.5, 0.6) is 0 Å². The van der Waals surface area contributed by atoms with Crippen molar-refractivity contribution in [2.75, 3.05) is 39.6 Å². The van der Waals surface area contributed by atoms with Crippen LogP contribution in [0, 0.1) is 23.7 Å². The topological polar surface area (TPSA) is 237 Å². The van der Waals surface area contributed by atoms with Crippen molar-refractivity contribution in [1.29, 1.82) is 0 Å². The quantitative estimate of drug-likeness (QED) is 0.0222. The van der Waals surface area contributed by atoms with Crippen LogP contribution < -0.4 is 0 Å². The highest BCUT2D eigenvalue weighted by Gasteiger charge is 2.31. The van der Waals surface area contributed by atoms with Gasteiger partial charge in [-0.1, -0.05) is 402 Å². The zero-order valence-electron chi connectivity index (χ0n) is 70.1. The molecule has 0 aromatic carbocycles. The lowest BCUT2D eigenvalue weighted by Gasteiger charge is -2.21. The number of hydrogen-bond acceptors (Lipinski definition) is 15. The van der Waals surface area contributed by atoms with Crippen molar-refractivity contribution in [3.8, 4) is 0 Å². The first kappa shape index (κ1) is 104. The third-order valence-electron chi connectivity index (χ3n) is 21.4. The van der Waals surface area contributed by atoms with Gasteiger partial charge in [-0.2, -0.15) is 0 Å². The van der Waals surface area contributed by atoms with Crippen molar-refractivity contribution >= 4 is 39.5 Å². The predicted molar refractivity (Wildman–Crippen MR) is 437 cm³/mol. The van der Waals surface area contributed by atoms with E-state index in [1.807, 2.05) is 0 Å². The fourth-order valence-corrected chi connectivity index (χ4v) is 15.0. The molecule has 0 fully saturated rings. The molecule has 0 aromatic heterocycles. The van der Waals surface area contributed by atoms with Crippen LogP contribution >= 0.6 is 15.6 Å². The number of esters is 4. The van der Waals surface area contributed by atoms with E-state index in [2.05, 4.69) is 55.4 Å². The van der Waals surface area contributed by atoms with E-state index in [0.717, 1.165) is 114 Å². The third kappa shape index (κ3) is 76.1. The van der Waals surface area contributed by atoms with Crippen LogP contribution in [0.3, 0.4) is 0 Å². The van der Waals surface area contributed by atoms with Gasteiger partial charge in [-0.3, -0.25) is 37.3 Å². The lowest BCUT2D eigenvalue weighted by molar-refractivity contribution is -0.161. The van der Waals surface area contributed by atoms with E-state index in [0.29, 0.717) is 25.7 Å². The van der Waals surface area contributed by atoms with Gasteiger partial charge in [-0.25, -0.2) is 9.13 Å². The molecular formula is C87H170O17P2. The first-order valence-electron chi connectivity index (χ1n) is 44.8. The van der Waals surface area contributed by atoms with Crippen LogP contribution in [0.25, 0.3) is 0 Å². The lowest BCUT2D eigenvalue weighted by Crippen LogP contribution is -2.30. The van der Waals surface area contributed by atoms with Crippen LogP contribution in [0.2, 0.25) is 0 Å². The smallest absolute Gasteiger partial charge is 0.462 e. The highest BCUT2D eigenvalue weighted by Crippen LogP contribution is 2.45. The van der Waals surface area contributed by atoms with Gasteiger partial charge in [0.1, 0.15) is 19.3 Å². The number of hydrogen-bond donors (Lipinski definition) is 3. The number of aliphatic hydroxyl groups is 1. The molecule has 19 heteroatoms. The normalized spacial score (nSPS) is 14.7. The Balaban J connectivity index is 5.25. The summed E-state index contributed by atoms with van der Waals surface area (Å²) in [6, 6.07) is 0. The number of ether oxygens (including phenoxy) is 4. The summed E-state index contributed by atoms with van der Waals surface area (Å²) in [4.78, 5) is 73.3. The van der Waals surface area contributed by atoms with Gasteiger partial charge < -0.3 is 33.8 Å². The number of phosphoric ester groups is 2. The molecule has 630 valence electrons. The number of unbranched alkanes of at least 4 members (excludes halogenated alkanes) is 47. The van der Waals surface area contributed by atoms with Crippen LogP contribution in [0.15, 0.2) is 0 Å². The average molecular weight is 1550 g/mol. The Morgan fingerprint density at radius 2 is 0.453 bits per heavy atom. The maximum atomic E-state index is 13.2. The zero-order valence-corrected chi connectivity index (χ0v) is 71.9. The van der Waals surface area contributed by atoms with Crippen LogP contribution in [0.4, 0.5) is 0 Å². The molecule has 0 aliphatic rings. The van der Waals surface area contributed by atoms with E-state index < -0.39 is 97.5 Å². The molecule has 0 aliphatic heterocycles. The molecule has 0 amide bonds. The van der Waals surface area contributed by atoms with Gasteiger partial charge in [0.15, 0.2) is 12.2 Å². The van der Waals surface area contributed by atoms with E-state index in [-0.39, 0.29) is 25.7 Å². The molecule has 0 heterocycles. The monoisotopic (exact) mass is 1550 g/mol. The number of aliphatic hydroxyl groups excluding tert-OH is 1. The Morgan fingerprint density at radius 3 is 0.670 bits per heavy atom. The molecule has 0 bridgehead atoms. The fourth-order valence-electron chi connectivity index (χ4n) is 13.4. The third-order valence-corrected chi connectivity index (χ3v) is 23.3. The standard InChI is InChI=1S/C87H170O17P2/c1-9-78(6)64-56-48-40-32-26-22-18-14-12-13-15-19-24-28-35-45-53-61-69-86(91)103-82(73-97-84(89)67-59-51-43-34-27-23-20-16-17-21-25-31-39-47-55-63-77(4)5)75-101-105(93,94)99-71-81(88)72-100-106(95,96)102-76-83(74-98-85(90)68-60-52-44-38-37-42-50-58-66-80(8)11-3)104-87(92)70-62-54-46-36-30-29-33-41-49-57-65-79(7)10-2/h77-83,88H,9-76H2,1-8H3,(H,93,94)(H,95,96)/t78?,79?,80?,81-,82-,83-/m1/s1. The van der Waals surface area contributed by atoms with Crippen molar-refractivity contribution in [1.82, 2.24) is 0 Å². The Kier molecular flexibility index (Phi) is 74.3. The minimum atomic E-state index is -4.97. The molecule has 0 spiro atoms. The van der Waals surface area contributed by atoms with Gasteiger partial charge in [0.05, 0.1) is 26.4 Å². The largest absolute Gasteiger partial charge is 0.472 e. The van der Waals surface area contributed by atoms with Crippen LogP contribution in [0.1, 0.15) is 453 Å². The van der Waals surface area contributed by atoms with Gasteiger partial charge >= 0.3 is 39.5 Å². The Hall–Kier alpha value is -1.94. The average Bonchev–Trinajstić information content (AvgIpc) is 0.908. The second-order valence-electron chi connectivity index (χ2n) is 32.5. The second-order valence-corrected chi connectivity index (χ2v) is 35.4. The number of phosphoric acid groups is 2.